The Morgan fingerprint density at radius 3 is 2.35 bits per heavy atom. The normalized spacial score (nSPS) is 30.2. The molecule has 3 N–H and O–H groups in total. The van der Waals surface area contributed by atoms with Crippen LogP contribution in [0.25, 0.3) is 0 Å². The molecule has 5 heteroatoms. The van der Waals surface area contributed by atoms with Crippen molar-refractivity contribution in [2.24, 2.45) is 11.7 Å². The zero-order valence-corrected chi connectivity index (χ0v) is 13.1. The van der Waals surface area contributed by atoms with Crippen molar-refractivity contribution in [2.75, 3.05) is 6.61 Å². The molecule has 2 aliphatic rings. The summed E-state index contributed by atoms with van der Waals surface area (Å²) in [5, 5.41) is 3.18. The fourth-order valence-electron chi connectivity index (χ4n) is 3.28. The molecule has 1 aliphatic carbocycles. The van der Waals surface area contributed by atoms with Crippen LogP contribution >= 0.6 is 12.2 Å². The minimum Gasteiger partial charge on any atom is -0.391 e. The minimum absolute atomic E-state index is 0.0540. The number of rotatable bonds is 3. The molecule has 1 amide bonds. The standard InChI is InChI=1S/C15H26N2O2S/c1-11-9-12(10-19-11)13(18)17-15(14(16)20)7-5-3-2-4-6-8-15/h11-12H,2-10H2,1H3,(H2,16,20)(H,17,18). The van der Waals surface area contributed by atoms with Crippen LogP contribution in [0.2, 0.25) is 0 Å². The van der Waals surface area contributed by atoms with E-state index in [0.717, 1.165) is 32.1 Å². The maximum absolute atomic E-state index is 12.5. The zero-order valence-electron chi connectivity index (χ0n) is 12.3. The van der Waals surface area contributed by atoms with E-state index in [9.17, 15) is 4.79 Å². The molecular weight excluding hydrogens is 272 g/mol. The van der Waals surface area contributed by atoms with Gasteiger partial charge in [0.1, 0.15) is 0 Å². The van der Waals surface area contributed by atoms with E-state index in [1.807, 2.05) is 6.92 Å². The molecule has 0 radical (unpaired) electrons. The number of hydrogen-bond acceptors (Lipinski definition) is 3. The second kappa shape index (κ2) is 6.85. The third-order valence-corrected chi connectivity index (χ3v) is 5.00. The van der Waals surface area contributed by atoms with Gasteiger partial charge in [0, 0.05) is 0 Å². The monoisotopic (exact) mass is 298 g/mol. The zero-order chi connectivity index (χ0) is 14.6. The highest BCUT2D eigenvalue weighted by Crippen LogP contribution is 2.28. The van der Waals surface area contributed by atoms with Crippen LogP contribution < -0.4 is 11.1 Å². The second-order valence-electron chi connectivity index (χ2n) is 6.28. The van der Waals surface area contributed by atoms with Crippen molar-refractivity contribution in [1.82, 2.24) is 5.32 Å². The van der Waals surface area contributed by atoms with Crippen LogP contribution in [0, 0.1) is 5.92 Å². The van der Waals surface area contributed by atoms with Gasteiger partial charge in [0.05, 0.1) is 29.2 Å². The Balaban J connectivity index is 2.03. The first-order valence-corrected chi connectivity index (χ1v) is 8.18. The van der Waals surface area contributed by atoms with Crippen LogP contribution in [0.3, 0.4) is 0 Å². The van der Waals surface area contributed by atoms with Gasteiger partial charge in [-0.25, -0.2) is 0 Å². The van der Waals surface area contributed by atoms with Gasteiger partial charge in [-0.05, 0) is 26.2 Å². The molecule has 0 bridgehead atoms. The van der Waals surface area contributed by atoms with Gasteiger partial charge in [0.25, 0.3) is 0 Å². The lowest BCUT2D eigenvalue weighted by Crippen LogP contribution is -2.58. The molecule has 2 rings (SSSR count). The number of amides is 1. The molecule has 1 heterocycles. The van der Waals surface area contributed by atoms with Crippen LogP contribution in [-0.2, 0) is 9.53 Å². The number of nitrogens with one attached hydrogen (secondary N) is 1. The van der Waals surface area contributed by atoms with Gasteiger partial charge in [0.15, 0.2) is 0 Å². The van der Waals surface area contributed by atoms with Crippen LogP contribution in [-0.4, -0.2) is 29.1 Å². The fraction of sp³-hybridized carbons (Fsp3) is 0.867. The fourth-order valence-corrected chi connectivity index (χ4v) is 3.53. The smallest absolute Gasteiger partial charge is 0.226 e. The van der Waals surface area contributed by atoms with E-state index in [1.54, 1.807) is 0 Å². The molecule has 114 valence electrons. The molecule has 2 atom stereocenters. The average molecular weight is 298 g/mol. The van der Waals surface area contributed by atoms with Crippen molar-refractivity contribution >= 4 is 23.1 Å². The summed E-state index contributed by atoms with van der Waals surface area (Å²) in [4.78, 5) is 12.9. The predicted octanol–water partition coefficient (Wildman–Crippen LogP) is 2.30. The van der Waals surface area contributed by atoms with Gasteiger partial charge in [-0.2, -0.15) is 0 Å². The van der Waals surface area contributed by atoms with E-state index >= 15 is 0 Å². The largest absolute Gasteiger partial charge is 0.391 e. The molecule has 4 nitrogen and oxygen atoms in total. The number of thiocarbonyl (C=S) groups is 1. The van der Waals surface area contributed by atoms with E-state index in [-0.39, 0.29) is 17.9 Å². The molecule has 1 aliphatic heterocycles. The number of nitrogens with two attached hydrogens (primary N) is 1. The van der Waals surface area contributed by atoms with Gasteiger partial charge < -0.3 is 15.8 Å². The van der Waals surface area contributed by atoms with Crippen LogP contribution in [0.1, 0.15) is 58.3 Å². The van der Waals surface area contributed by atoms with Gasteiger partial charge in [-0.15, -0.1) is 0 Å². The van der Waals surface area contributed by atoms with Gasteiger partial charge in [-0.3, -0.25) is 4.79 Å². The Hall–Kier alpha value is -0.680. The molecule has 20 heavy (non-hydrogen) atoms. The first-order valence-electron chi connectivity index (χ1n) is 7.77. The lowest BCUT2D eigenvalue weighted by molar-refractivity contribution is -0.126. The summed E-state index contributed by atoms with van der Waals surface area (Å²) in [6, 6.07) is 0. The van der Waals surface area contributed by atoms with Crippen molar-refractivity contribution in [3.05, 3.63) is 0 Å². The van der Waals surface area contributed by atoms with E-state index in [0.29, 0.717) is 11.6 Å². The Morgan fingerprint density at radius 2 is 1.85 bits per heavy atom. The molecule has 1 saturated carbocycles. The van der Waals surface area contributed by atoms with Crippen molar-refractivity contribution in [3.8, 4) is 0 Å². The number of carbonyl (C=O) groups is 1. The summed E-state index contributed by atoms with van der Waals surface area (Å²) in [7, 11) is 0. The summed E-state index contributed by atoms with van der Waals surface area (Å²) in [5.74, 6) is 0.00406. The van der Waals surface area contributed by atoms with Gasteiger partial charge >= 0.3 is 0 Å². The first-order chi connectivity index (χ1) is 9.53. The van der Waals surface area contributed by atoms with E-state index in [2.05, 4.69) is 5.32 Å². The summed E-state index contributed by atoms with van der Waals surface area (Å²) in [5.41, 5.74) is 5.51. The summed E-state index contributed by atoms with van der Waals surface area (Å²) >= 11 is 5.28. The summed E-state index contributed by atoms with van der Waals surface area (Å²) in [6.07, 6.45) is 8.53. The Labute approximate surface area is 126 Å². The summed E-state index contributed by atoms with van der Waals surface area (Å²) in [6.45, 7) is 2.52. The highest BCUT2D eigenvalue weighted by molar-refractivity contribution is 7.80. The Bertz CT molecular complexity index is 365. The number of carbonyl (C=O) groups excluding carboxylic acids is 1. The minimum atomic E-state index is -0.474. The highest BCUT2D eigenvalue weighted by atomic mass is 32.1. The molecular formula is C15H26N2O2S. The van der Waals surface area contributed by atoms with E-state index in [4.69, 9.17) is 22.7 Å². The van der Waals surface area contributed by atoms with E-state index < -0.39 is 5.54 Å². The molecule has 1 saturated heterocycles. The lowest BCUT2D eigenvalue weighted by atomic mass is 9.83. The van der Waals surface area contributed by atoms with Crippen molar-refractivity contribution < 1.29 is 9.53 Å². The van der Waals surface area contributed by atoms with Crippen LogP contribution in [0.4, 0.5) is 0 Å². The predicted molar refractivity (Wildman–Crippen MR) is 83.5 cm³/mol. The van der Waals surface area contributed by atoms with Gasteiger partial charge in [-0.1, -0.05) is 44.3 Å². The molecule has 0 spiro atoms. The Kier molecular flexibility index (Phi) is 5.38. The van der Waals surface area contributed by atoms with Crippen LogP contribution in [0.5, 0.6) is 0 Å². The average Bonchev–Trinajstić information content (AvgIpc) is 2.79. The van der Waals surface area contributed by atoms with E-state index in [1.165, 1.54) is 19.3 Å². The first kappa shape index (κ1) is 15.7. The second-order valence-corrected chi connectivity index (χ2v) is 6.72. The number of hydrogen-bond donors (Lipinski definition) is 2. The Morgan fingerprint density at radius 1 is 1.25 bits per heavy atom. The maximum Gasteiger partial charge on any atom is 0.226 e. The molecule has 0 aromatic rings. The topological polar surface area (TPSA) is 64.4 Å². The molecule has 2 fully saturated rings. The van der Waals surface area contributed by atoms with Gasteiger partial charge in [0.2, 0.25) is 5.91 Å². The highest BCUT2D eigenvalue weighted by Gasteiger charge is 2.38. The lowest BCUT2D eigenvalue weighted by Gasteiger charge is -2.36. The molecule has 2 unspecified atom stereocenters. The van der Waals surface area contributed by atoms with Crippen molar-refractivity contribution in [2.45, 2.75) is 69.9 Å². The summed E-state index contributed by atoms with van der Waals surface area (Å²) < 4.78 is 5.49. The van der Waals surface area contributed by atoms with Crippen molar-refractivity contribution in [1.29, 1.82) is 0 Å². The molecule has 0 aromatic carbocycles. The van der Waals surface area contributed by atoms with Crippen molar-refractivity contribution in [3.63, 3.8) is 0 Å². The quantitative estimate of drug-likeness (QED) is 0.785. The third kappa shape index (κ3) is 3.70. The third-order valence-electron chi connectivity index (χ3n) is 4.61. The number of ether oxygens (including phenoxy) is 1. The maximum atomic E-state index is 12.5. The SMILES string of the molecule is CC1CC(C(=O)NC2(C(N)=S)CCCCCCC2)CO1. The van der Waals surface area contributed by atoms with Crippen LogP contribution in [0.15, 0.2) is 0 Å². The molecule has 0 aromatic heterocycles.